The SMILES string of the molecule is CCOc1cc(/C=C2\SC(=Nc3ccc(C(=O)O)cc3)N(CC)C2=O)c(Br)cc1OCc1ccc(C(=O)O)cc1. The summed E-state index contributed by atoms with van der Waals surface area (Å²) in [6, 6.07) is 16.1. The molecule has 0 spiro atoms. The lowest BCUT2D eigenvalue weighted by Crippen LogP contribution is -2.28. The number of carboxylic acid groups (broad SMARTS) is 2. The molecule has 3 aromatic carbocycles. The van der Waals surface area contributed by atoms with E-state index in [1.165, 1.54) is 36.0 Å². The van der Waals surface area contributed by atoms with Gasteiger partial charge in [0, 0.05) is 11.0 Å². The first-order valence-electron chi connectivity index (χ1n) is 12.2. The van der Waals surface area contributed by atoms with E-state index in [1.807, 2.05) is 13.8 Å². The molecule has 4 rings (SSSR count). The summed E-state index contributed by atoms with van der Waals surface area (Å²) in [5.74, 6) is -1.22. The second-order valence-electron chi connectivity index (χ2n) is 8.45. The highest BCUT2D eigenvalue weighted by Gasteiger charge is 2.32. The molecule has 1 aliphatic heterocycles. The Kier molecular flexibility index (Phi) is 9.28. The van der Waals surface area contributed by atoms with E-state index in [0.29, 0.717) is 50.4 Å². The maximum atomic E-state index is 13.2. The molecule has 1 aliphatic rings. The minimum absolute atomic E-state index is 0.158. The molecule has 0 bridgehead atoms. The molecule has 0 aliphatic carbocycles. The van der Waals surface area contributed by atoms with Gasteiger partial charge in [-0.25, -0.2) is 14.6 Å². The van der Waals surface area contributed by atoms with Crippen molar-refractivity contribution in [1.82, 2.24) is 4.90 Å². The van der Waals surface area contributed by atoms with Gasteiger partial charge in [0.15, 0.2) is 16.7 Å². The van der Waals surface area contributed by atoms with Crippen LogP contribution in [0.2, 0.25) is 0 Å². The van der Waals surface area contributed by atoms with E-state index < -0.39 is 11.9 Å². The van der Waals surface area contributed by atoms with Gasteiger partial charge in [0.2, 0.25) is 0 Å². The maximum Gasteiger partial charge on any atom is 0.335 e. The fourth-order valence-corrected chi connectivity index (χ4v) is 5.24. The van der Waals surface area contributed by atoms with Gasteiger partial charge in [-0.3, -0.25) is 9.69 Å². The highest BCUT2D eigenvalue weighted by atomic mass is 79.9. The number of aliphatic imine (C=N–C) groups is 1. The van der Waals surface area contributed by atoms with Crippen molar-refractivity contribution in [2.24, 2.45) is 4.99 Å². The number of halogens is 1. The van der Waals surface area contributed by atoms with Crippen LogP contribution in [0.25, 0.3) is 6.08 Å². The maximum absolute atomic E-state index is 13.2. The average molecular weight is 625 g/mol. The molecule has 2 N–H and O–H groups in total. The van der Waals surface area contributed by atoms with E-state index in [4.69, 9.17) is 19.7 Å². The third-order valence-corrected chi connectivity index (χ3v) is 7.48. The molecule has 3 aromatic rings. The molecular formula is C29H25BrN2O7S. The van der Waals surface area contributed by atoms with Crippen LogP contribution < -0.4 is 9.47 Å². The Morgan fingerprint density at radius 3 is 2.12 bits per heavy atom. The van der Waals surface area contributed by atoms with Crippen molar-refractivity contribution in [3.8, 4) is 11.5 Å². The van der Waals surface area contributed by atoms with E-state index in [9.17, 15) is 14.4 Å². The van der Waals surface area contributed by atoms with Crippen molar-refractivity contribution in [3.63, 3.8) is 0 Å². The Morgan fingerprint density at radius 2 is 1.55 bits per heavy atom. The smallest absolute Gasteiger partial charge is 0.335 e. The first-order valence-corrected chi connectivity index (χ1v) is 13.9. The van der Waals surface area contributed by atoms with Gasteiger partial charge < -0.3 is 19.7 Å². The number of likely N-dealkylation sites (N-methyl/N-ethyl adjacent to an activating group) is 1. The fourth-order valence-electron chi connectivity index (χ4n) is 3.75. The second-order valence-corrected chi connectivity index (χ2v) is 10.3. The van der Waals surface area contributed by atoms with Gasteiger partial charge in [0.25, 0.3) is 5.91 Å². The van der Waals surface area contributed by atoms with Crippen LogP contribution in [-0.2, 0) is 11.4 Å². The highest BCUT2D eigenvalue weighted by molar-refractivity contribution is 9.10. The number of thioether (sulfide) groups is 1. The van der Waals surface area contributed by atoms with Gasteiger partial charge in [-0.05, 0) is 91.3 Å². The van der Waals surface area contributed by atoms with Crippen molar-refractivity contribution >= 4 is 62.5 Å². The standard InChI is InChI=1S/C29H25BrN2O7S/c1-3-32-26(33)25(40-29(32)31-21-11-9-19(10-12-21)28(36)37)14-20-13-23(38-4-2)24(15-22(20)30)39-16-17-5-7-18(8-6-17)27(34)35/h5-15H,3-4,16H2,1-2H3,(H,34,35)(H,36,37)/b25-14-,31-29?. The molecule has 1 saturated heterocycles. The molecule has 1 fully saturated rings. The zero-order chi connectivity index (χ0) is 28.8. The van der Waals surface area contributed by atoms with E-state index in [1.54, 1.807) is 47.4 Å². The Hall–Kier alpha value is -4.09. The van der Waals surface area contributed by atoms with Crippen molar-refractivity contribution in [2.45, 2.75) is 20.5 Å². The van der Waals surface area contributed by atoms with Gasteiger partial charge in [-0.15, -0.1) is 0 Å². The Labute approximate surface area is 243 Å². The van der Waals surface area contributed by atoms with E-state index in [2.05, 4.69) is 20.9 Å². The zero-order valence-electron chi connectivity index (χ0n) is 21.6. The topological polar surface area (TPSA) is 126 Å². The zero-order valence-corrected chi connectivity index (χ0v) is 24.0. The lowest BCUT2D eigenvalue weighted by atomic mass is 10.1. The molecule has 0 saturated carbocycles. The third-order valence-electron chi connectivity index (χ3n) is 5.79. The van der Waals surface area contributed by atoms with E-state index in [0.717, 1.165) is 5.56 Å². The van der Waals surface area contributed by atoms with Gasteiger partial charge >= 0.3 is 11.9 Å². The van der Waals surface area contributed by atoms with E-state index >= 15 is 0 Å². The number of carbonyl (C=O) groups excluding carboxylic acids is 1. The Bertz CT molecular complexity index is 1500. The largest absolute Gasteiger partial charge is 0.490 e. The number of carboxylic acids is 2. The number of amidine groups is 1. The first kappa shape index (κ1) is 28.9. The van der Waals surface area contributed by atoms with Crippen LogP contribution in [0.3, 0.4) is 0 Å². The molecule has 0 radical (unpaired) electrons. The summed E-state index contributed by atoms with van der Waals surface area (Å²) in [4.78, 5) is 42.0. The summed E-state index contributed by atoms with van der Waals surface area (Å²) in [5.41, 5.74) is 2.40. The van der Waals surface area contributed by atoms with Crippen LogP contribution in [0.1, 0.15) is 45.7 Å². The van der Waals surface area contributed by atoms with Crippen molar-refractivity contribution in [3.05, 3.63) is 92.3 Å². The number of ether oxygens (including phenoxy) is 2. The summed E-state index contributed by atoms with van der Waals surface area (Å²) in [6.45, 7) is 4.74. The number of carbonyl (C=O) groups is 3. The second kappa shape index (κ2) is 12.8. The van der Waals surface area contributed by atoms with Crippen LogP contribution in [0.4, 0.5) is 5.69 Å². The summed E-state index contributed by atoms with van der Waals surface area (Å²) in [7, 11) is 0. The van der Waals surface area contributed by atoms with Gasteiger partial charge in [-0.1, -0.05) is 28.1 Å². The van der Waals surface area contributed by atoms with Crippen LogP contribution in [0.5, 0.6) is 11.5 Å². The predicted molar refractivity (Wildman–Crippen MR) is 156 cm³/mol. The number of benzene rings is 3. The predicted octanol–water partition coefficient (Wildman–Crippen LogP) is 6.45. The molecule has 0 atom stereocenters. The van der Waals surface area contributed by atoms with E-state index in [-0.39, 0.29) is 23.6 Å². The monoisotopic (exact) mass is 624 g/mol. The van der Waals surface area contributed by atoms with Crippen LogP contribution >= 0.6 is 27.7 Å². The summed E-state index contributed by atoms with van der Waals surface area (Å²) < 4.78 is 12.5. The molecular weight excluding hydrogens is 600 g/mol. The van der Waals surface area contributed by atoms with Crippen molar-refractivity contribution in [2.75, 3.05) is 13.2 Å². The third kappa shape index (κ3) is 6.72. The molecule has 11 heteroatoms. The number of nitrogens with zero attached hydrogens (tertiary/aromatic N) is 2. The summed E-state index contributed by atoms with van der Waals surface area (Å²) in [5, 5.41) is 18.7. The minimum Gasteiger partial charge on any atom is -0.490 e. The number of rotatable bonds is 10. The molecule has 206 valence electrons. The normalized spacial score (nSPS) is 15.1. The van der Waals surface area contributed by atoms with Crippen molar-refractivity contribution < 1.29 is 34.1 Å². The molecule has 1 amide bonds. The number of aromatic carboxylic acids is 2. The quantitative estimate of drug-likeness (QED) is 0.247. The van der Waals surface area contributed by atoms with Gasteiger partial charge in [0.05, 0.1) is 28.3 Å². The fraction of sp³-hybridized carbons (Fsp3) is 0.172. The molecule has 1 heterocycles. The highest BCUT2D eigenvalue weighted by Crippen LogP contribution is 2.39. The van der Waals surface area contributed by atoms with Crippen molar-refractivity contribution in [1.29, 1.82) is 0 Å². The van der Waals surface area contributed by atoms with Crippen LogP contribution in [0.15, 0.2) is 75.0 Å². The lowest BCUT2D eigenvalue weighted by molar-refractivity contribution is -0.122. The molecule has 0 aromatic heterocycles. The molecule has 0 unspecified atom stereocenters. The Morgan fingerprint density at radius 1 is 0.950 bits per heavy atom. The van der Waals surface area contributed by atoms with Gasteiger partial charge in [-0.2, -0.15) is 0 Å². The molecule has 40 heavy (non-hydrogen) atoms. The summed E-state index contributed by atoms with van der Waals surface area (Å²) >= 11 is 4.80. The average Bonchev–Trinajstić information content (AvgIpc) is 3.23. The lowest BCUT2D eigenvalue weighted by Gasteiger charge is -2.14. The Balaban J connectivity index is 1.57. The summed E-state index contributed by atoms with van der Waals surface area (Å²) in [6.07, 6.45) is 1.76. The number of amides is 1. The molecule has 9 nitrogen and oxygen atoms in total. The van der Waals surface area contributed by atoms with Crippen LogP contribution in [0, 0.1) is 0 Å². The first-order chi connectivity index (χ1) is 19.2. The number of hydrogen-bond acceptors (Lipinski definition) is 7. The number of hydrogen-bond donors (Lipinski definition) is 2. The minimum atomic E-state index is -1.02. The van der Waals surface area contributed by atoms with Crippen LogP contribution in [-0.4, -0.2) is 51.3 Å². The van der Waals surface area contributed by atoms with Gasteiger partial charge in [0.1, 0.15) is 6.61 Å².